The highest BCUT2D eigenvalue weighted by molar-refractivity contribution is 7.85. The van der Waals surface area contributed by atoms with Crippen LogP contribution < -0.4 is 0 Å². The maximum Gasteiger partial charge on any atom is 0.130 e. The van der Waals surface area contributed by atoms with Gasteiger partial charge in [-0.2, -0.15) is 5.26 Å². The Morgan fingerprint density at radius 1 is 1.00 bits per heavy atom. The minimum absolute atomic E-state index is 0.999. The molecule has 0 saturated heterocycles. The molecule has 0 radical (unpaired) electrons. The van der Waals surface area contributed by atoms with Crippen LogP contribution in [0.15, 0.2) is 48.8 Å². The zero-order valence-corrected chi connectivity index (χ0v) is 9.80. The summed E-state index contributed by atoms with van der Waals surface area (Å²) in [4.78, 5) is 8.66. The van der Waals surface area contributed by atoms with Gasteiger partial charge < -0.3 is 0 Å². The average Bonchev–Trinajstić information content (AvgIpc) is 2.40. The van der Waals surface area contributed by atoms with Crippen LogP contribution in [-0.4, -0.2) is 9.97 Å². The molecule has 0 aliphatic heterocycles. The fourth-order valence-electron chi connectivity index (χ4n) is 1.70. The van der Waals surface area contributed by atoms with Crippen molar-refractivity contribution in [1.82, 2.24) is 9.97 Å². The molecule has 2 aromatic heterocycles. The van der Waals surface area contributed by atoms with Crippen LogP contribution in [0.3, 0.4) is 0 Å². The van der Waals surface area contributed by atoms with Gasteiger partial charge >= 0.3 is 0 Å². The Bertz CT molecular complexity index is 634. The molecular weight excluding hydrogens is 230 g/mol. The van der Waals surface area contributed by atoms with Crippen LogP contribution in [-0.2, 0) is 0 Å². The van der Waals surface area contributed by atoms with Crippen LogP contribution in [0, 0.1) is 10.7 Å². The Morgan fingerprint density at radius 3 is 2.53 bits per heavy atom. The third kappa shape index (κ3) is 2.35. The van der Waals surface area contributed by atoms with E-state index in [1.807, 2.05) is 24.4 Å². The van der Waals surface area contributed by atoms with Crippen molar-refractivity contribution >= 4 is 34.4 Å². The van der Waals surface area contributed by atoms with Crippen LogP contribution in [0.4, 0.5) is 0 Å². The maximum absolute atomic E-state index is 7.18. The Morgan fingerprint density at radius 2 is 1.71 bits per heavy atom. The van der Waals surface area contributed by atoms with Gasteiger partial charge in [0.1, 0.15) is 5.40 Å². The molecule has 0 saturated carbocycles. The lowest BCUT2D eigenvalue weighted by Crippen LogP contribution is -1.82. The van der Waals surface area contributed by atoms with Crippen molar-refractivity contribution in [2.24, 2.45) is 0 Å². The lowest BCUT2D eigenvalue weighted by molar-refractivity contribution is 1.39. The Hall–Kier alpha value is -2.12. The van der Waals surface area contributed by atoms with Crippen LogP contribution >= 0.6 is 12.6 Å². The number of hydrogen-bond donors (Lipinski definition) is 1. The number of thiol groups is 1. The van der Waals surface area contributed by atoms with Gasteiger partial charge in [0.05, 0.1) is 11.0 Å². The lowest BCUT2D eigenvalue weighted by atomic mass is 10.1. The number of nitriles is 1. The molecule has 0 unspecified atom stereocenters. The number of pyridine rings is 2. The predicted octanol–water partition coefficient (Wildman–Crippen LogP) is 3.18. The van der Waals surface area contributed by atoms with Crippen LogP contribution in [0.5, 0.6) is 0 Å². The molecule has 2 heterocycles. The van der Waals surface area contributed by atoms with Crippen molar-refractivity contribution in [2.45, 2.75) is 0 Å². The summed E-state index contributed by atoms with van der Waals surface area (Å²) in [5.74, 6) is 0. The van der Waals surface area contributed by atoms with Crippen LogP contribution in [0.2, 0.25) is 0 Å². The van der Waals surface area contributed by atoms with Crippen molar-refractivity contribution in [3.05, 3.63) is 48.8 Å². The molecule has 82 valence electrons. The smallest absolute Gasteiger partial charge is 0.130 e. The summed E-state index contributed by atoms with van der Waals surface area (Å²) in [5, 5.41) is 10.9. The highest BCUT2D eigenvalue weighted by Crippen LogP contribution is 2.20. The van der Waals surface area contributed by atoms with E-state index in [2.05, 4.69) is 40.8 Å². The van der Waals surface area contributed by atoms with Gasteiger partial charge in [-0.3, -0.25) is 9.97 Å². The van der Waals surface area contributed by atoms with Gasteiger partial charge in [-0.05, 0) is 24.3 Å². The molecule has 4 heteroatoms. The zero-order valence-electron chi connectivity index (χ0n) is 8.91. The third-order valence-electron chi connectivity index (χ3n) is 2.35. The number of benzene rings is 1. The second kappa shape index (κ2) is 5.28. The molecule has 3 nitrogen and oxygen atoms in total. The average molecular weight is 239 g/mol. The number of nitrogens with zero attached hydrogens (tertiary/aromatic N) is 3. The largest absolute Gasteiger partial charge is 0.256 e. The minimum Gasteiger partial charge on any atom is -0.256 e. The molecule has 1 aromatic carbocycles. The molecule has 0 spiro atoms. The molecule has 3 rings (SSSR count). The van der Waals surface area contributed by atoms with Crippen LogP contribution in [0.1, 0.15) is 0 Å². The van der Waals surface area contributed by atoms with E-state index >= 15 is 0 Å². The molecule has 3 aromatic rings. The summed E-state index contributed by atoms with van der Waals surface area (Å²) in [6.45, 7) is 0. The van der Waals surface area contributed by atoms with Gasteiger partial charge in [0.15, 0.2) is 0 Å². The Balaban J connectivity index is 0.000000329. The number of thiocyanates is 1. The Kier molecular flexibility index (Phi) is 3.53. The van der Waals surface area contributed by atoms with Crippen molar-refractivity contribution < 1.29 is 0 Å². The number of fused-ring (bicyclic) bond motifs is 3. The van der Waals surface area contributed by atoms with E-state index in [0.29, 0.717) is 0 Å². The van der Waals surface area contributed by atoms with E-state index in [0.717, 1.165) is 21.8 Å². The first-order valence-electron chi connectivity index (χ1n) is 4.98. The molecule has 0 aliphatic rings. The van der Waals surface area contributed by atoms with Gasteiger partial charge in [0.2, 0.25) is 0 Å². The fraction of sp³-hybridized carbons (Fsp3) is 0. The van der Waals surface area contributed by atoms with Crippen LogP contribution in [0.25, 0.3) is 21.8 Å². The standard InChI is InChI=1S/C12H8N2.CHNS/c1-3-9-5-6-11-10(4-2-7-13-11)12(9)14-8-1;2-1-3/h1-8H;3H. The Labute approximate surface area is 104 Å². The van der Waals surface area contributed by atoms with Crippen molar-refractivity contribution in [1.29, 1.82) is 5.26 Å². The zero-order chi connectivity index (χ0) is 12.1. The molecule has 0 aliphatic carbocycles. The molecule has 0 fully saturated rings. The molecule has 0 amide bonds. The SMILES string of the molecule is N#CS.c1cnc2c(c1)ccc1ncccc12. The van der Waals surface area contributed by atoms with E-state index < -0.39 is 0 Å². The monoisotopic (exact) mass is 239 g/mol. The van der Waals surface area contributed by atoms with Gasteiger partial charge in [0.25, 0.3) is 0 Å². The maximum atomic E-state index is 7.18. The van der Waals surface area contributed by atoms with E-state index in [9.17, 15) is 0 Å². The first kappa shape index (κ1) is 11.4. The summed E-state index contributed by atoms with van der Waals surface area (Å²) in [5.41, 5.74) is 2.02. The van der Waals surface area contributed by atoms with Gasteiger partial charge in [0, 0.05) is 23.2 Å². The van der Waals surface area contributed by atoms with E-state index in [1.165, 1.54) is 5.40 Å². The molecule has 0 atom stereocenters. The first-order valence-corrected chi connectivity index (χ1v) is 5.43. The summed E-state index contributed by atoms with van der Waals surface area (Å²) in [7, 11) is 0. The third-order valence-corrected chi connectivity index (χ3v) is 2.35. The lowest BCUT2D eigenvalue weighted by Gasteiger charge is -2.00. The predicted molar refractivity (Wildman–Crippen MR) is 71.6 cm³/mol. The second-order valence-electron chi connectivity index (χ2n) is 3.31. The van der Waals surface area contributed by atoms with E-state index in [-0.39, 0.29) is 0 Å². The van der Waals surface area contributed by atoms with Gasteiger partial charge in [-0.25, -0.2) is 0 Å². The number of rotatable bonds is 0. The normalized spacial score (nSPS) is 9.41. The summed E-state index contributed by atoms with van der Waals surface area (Å²) in [6.07, 6.45) is 3.62. The number of aromatic nitrogens is 2. The molecule has 0 bridgehead atoms. The molecule has 17 heavy (non-hydrogen) atoms. The fourth-order valence-corrected chi connectivity index (χ4v) is 1.70. The van der Waals surface area contributed by atoms with Crippen molar-refractivity contribution in [3.63, 3.8) is 0 Å². The van der Waals surface area contributed by atoms with Crippen molar-refractivity contribution in [3.8, 4) is 5.40 Å². The highest BCUT2D eigenvalue weighted by Gasteiger charge is 1.99. The molecule has 0 N–H and O–H groups in total. The second-order valence-corrected chi connectivity index (χ2v) is 3.51. The number of hydrogen-bond acceptors (Lipinski definition) is 4. The van der Waals surface area contributed by atoms with E-state index in [4.69, 9.17) is 5.26 Å². The molecular formula is C13H9N3S. The highest BCUT2D eigenvalue weighted by atomic mass is 32.1. The van der Waals surface area contributed by atoms with Gasteiger partial charge in [-0.15, -0.1) is 0 Å². The minimum atomic E-state index is 0.999. The summed E-state index contributed by atoms with van der Waals surface area (Å²) >= 11 is 3.09. The van der Waals surface area contributed by atoms with Gasteiger partial charge in [-0.1, -0.05) is 24.8 Å². The first-order chi connectivity index (χ1) is 8.36. The summed E-state index contributed by atoms with van der Waals surface area (Å²) in [6, 6.07) is 12.1. The topological polar surface area (TPSA) is 49.6 Å². The summed E-state index contributed by atoms with van der Waals surface area (Å²) < 4.78 is 0. The van der Waals surface area contributed by atoms with E-state index in [1.54, 1.807) is 6.20 Å². The quantitative estimate of drug-likeness (QED) is 0.372. The van der Waals surface area contributed by atoms with Crippen molar-refractivity contribution in [2.75, 3.05) is 0 Å².